The van der Waals surface area contributed by atoms with E-state index in [2.05, 4.69) is 4.98 Å². The quantitative estimate of drug-likeness (QED) is 0.602. The second-order valence-electron chi connectivity index (χ2n) is 2.70. The lowest BCUT2D eigenvalue weighted by molar-refractivity contribution is -0.141. The van der Waals surface area contributed by atoms with Crippen LogP contribution in [0.4, 0.5) is 22.0 Å². The number of nitrogens with zero attached hydrogens (tertiary/aromatic N) is 1. The van der Waals surface area contributed by atoms with Crippen LogP contribution in [0, 0.1) is 0 Å². The number of hydrogen-bond acceptors (Lipinski definition) is 2. The summed E-state index contributed by atoms with van der Waals surface area (Å²) >= 11 is 4.88. The average molecular weight is 260 g/mol. The van der Waals surface area contributed by atoms with Crippen LogP contribution in [0.15, 0.2) is 12.1 Å². The molecule has 2 nitrogen and oxygen atoms in total. The average Bonchev–Trinajstić information content (AvgIpc) is 2.15. The minimum absolute atomic E-state index is 0.576. The first-order chi connectivity index (χ1) is 7.23. The Bertz CT molecular complexity index is 417. The zero-order chi connectivity index (χ0) is 12.5. The molecule has 0 saturated carbocycles. The maximum Gasteiger partial charge on any atom is 0.434 e. The van der Waals surface area contributed by atoms with E-state index in [0.29, 0.717) is 12.1 Å². The highest BCUT2D eigenvalue weighted by molar-refractivity contribution is 6.67. The molecule has 1 aromatic rings. The van der Waals surface area contributed by atoms with Crippen molar-refractivity contribution in [2.24, 2.45) is 0 Å². The standard InChI is InChI=1S/C8H3ClF5NO/c9-6(16)3-1-2-4(7(10)11)15-5(3)8(12,13)14/h1-2,7H. The van der Waals surface area contributed by atoms with E-state index in [9.17, 15) is 26.7 Å². The Morgan fingerprint density at radius 3 is 2.25 bits per heavy atom. The van der Waals surface area contributed by atoms with Gasteiger partial charge in [0.05, 0.1) is 5.56 Å². The molecule has 0 radical (unpaired) electrons. The van der Waals surface area contributed by atoms with Gasteiger partial charge in [-0.1, -0.05) is 0 Å². The molecule has 0 N–H and O–H groups in total. The van der Waals surface area contributed by atoms with Gasteiger partial charge in [-0.2, -0.15) is 13.2 Å². The number of alkyl halides is 5. The number of halogens is 6. The Morgan fingerprint density at radius 2 is 1.88 bits per heavy atom. The summed E-state index contributed by atoms with van der Waals surface area (Å²) in [6.07, 6.45) is -8.16. The van der Waals surface area contributed by atoms with E-state index in [1.165, 1.54) is 0 Å². The molecule has 0 aliphatic heterocycles. The summed E-state index contributed by atoms with van der Waals surface area (Å²) in [5.41, 5.74) is -3.71. The largest absolute Gasteiger partial charge is 0.434 e. The van der Waals surface area contributed by atoms with Crippen LogP contribution < -0.4 is 0 Å². The molecule has 0 amide bonds. The van der Waals surface area contributed by atoms with Crippen LogP contribution in [0.2, 0.25) is 0 Å². The van der Waals surface area contributed by atoms with E-state index in [1.807, 2.05) is 0 Å². The fourth-order valence-corrected chi connectivity index (χ4v) is 1.12. The molecule has 0 saturated heterocycles. The van der Waals surface area contributed by atoms with E-state index in [-0.39, 0.29) is 0 Å². The van der Waals surface area contributed by atoms with Crippen molar-refractivity contribution in [1.82, 2.24) is 4.98 Å². The van der Waals surface area contributed by atoms with E-state index >= 15 is 0 Å². The molecule has 0 aromatic carbocycles. The smallest absolute Gasteiger partial charge is 0.276 e. The molecular weight excluding hydrogens is 257 g/mol. The second-order valence-corrected chi connectivity index (χ2v) is 3.05. The van der Waals surface area contributed by atoms with Gasteiger partial charge in [0.2, 0.25) is 0 Å². The number of aromatic nitrogens is 1. The van der Waals surface area contributed by atoms with Gasteiger partial charge in [-0.15, -0.1) is 0 Å². The van der Waals surface area contributed by atoms with Crippen molar-refractivity contribution >= 4 is 16.8 Å². The Kier molecular flexibility index (Phi) is 3.47. The third kappa shape index (κ3) is 2.66. The number of hydrogen-bond donors (Lipinski definition) is 0. The van der Waals surface area contributed by atoms with Crippen molar-refractivity contribution in [3.05, 3.63) is 29.1 Å². The normalized spacial score (nSPS) is 11.9. The van der Waals surface area contributed by atoms with E-state index < -0.39 is 34.8 Å². The number of carbonyl (C=O) groups is 1. The summed E-state index contributed by atoms with van der Waals surface area (Å²) < 4.78 is 61.2. The minimum Gasteiger partial charge on any atom is -0.276 e. The molecule has 0 unspecified atom stereocenters. The lowest BCUT2D eigenvalue weighted by Crippen LogP contribution is -2.15. The first kappa shape index (κ1) is 12.8. The fraction of sp³-hybridized carbons (Fsp3) is 0.250. The van der Waals surface area contributed by atoms with Crippen LogP contribution in [0.1, 0.15) is 28.2 Å². The highest BCUT2D eigenvalue weighted by Crippen LogP contribution is 2.32. The summed E-state index contributed by atoms with van der Waals surface area (Å²) in [6, 6.07) is 1.20. The van der Waals surface area contributed by atoms with Gasteiger partial charge in [-0.05, 0) is 23.7 Å². The van der Waals surface area contributed by atoms with Gasteiger partial charge in [0.1, 0.15) is 5.69 Å². The summed E-state index contributed by atoms with van der Waals surface area (Å²) in [7, 11) is 0. The zero-order valence-electron chi connectivity index (χ0n) is 7.36. The summed E-state index contributed by atoms with van der Waals surface area (Å²) in [5, 5.41) is -1.40. The topological polar surface area (TPSA) is 30.0 Å². The summed E-state index contributed by atoms with van der Waals surface area (Å²) in [5.74, 6) is 0. The second kappa shape index (κ2) is 4.32. The molecule has 0 aliphatic rings. The predicted molar refractivity (Wildman–Crippen MR) is 44.4 cm³/mol. The summed E-state index contributed by atoms with van der Waals surface area (Å²) in [4.78, 5) is 13.3. The van der Waals surface area contributed by atoms with Crippen LogP contribution in [0.25, 0.3) is 0 Å². The van der Waals surface area contributed by atoms with Crippen molar-refractivity contribution in [3.63, 3.8) is 0 Å². The molecular formula is C8H3ClF5NO. The van der Waals surface area contributed by atoms with Gasteiger partial charge < -0.3 is 0 Å². The van der Waals surface area contributed by atoms with E-state index in [0.717, 1.165) is 0 Å². The van der Waals surface area contributed by atoms with Crippen molar-refractivity contribution in [2.45, 2.75) is 12.6 Å². The Balaban J connectivity index is 3.39. The predicted octanol–water partition coefficient (Wildman–Crippen LogP) is 3.42. The maximum absolute atomic E-state index is 12.3. The van der Waals surface area contributed by atoms with Crippen LogP contribution in [-0.2, 0) is 6.18 Å². The zero-order valence-corrected chi connectivity index (χ0v) is 8.11. The number of rotatable bonds is 2. The van der Waals surface area contributed by atoms with Crippen molar-refractivity contribution in [2.75, 3.05) is 0 Å². The van der Waals surface area contributed by atoms with Crippen LogP contribution in [0.5, 0.6) is 0 Å². The Morgan fingerprint density at radius 1 is 1.31 bits per heavy atom. The molecule has 1 heterocycles. The highest BCUT2D eigenvalue weighted by Gasteiger charge is 2.37. The minimum atomic E-state index is -5.01. The number of pyridine rings is 1. The molecule has 16 heavy (non-hydrogen) atoms. The molecule has 0 aliphatic carbocycles. The van der Waals surface area contributed by atoms with Crippen molar-refractivity contribution in [1.29, 1.82) is 0 Å². The van der Waals surface area contributed by atoms with Crippen LogP contribution in [-0.4, -0.2) is 10.2 Å². The van der Waals surface area contributed by atoms with Gasteiger partial charge in [-0.25, -0.2) is 13.8 Å². The van der Waals surface area contributed by atoms with Crippen LogP contribution in [0.3, 0.4) is 0 Å². The molecule has 88 valence electrons. The highest BCUT2D eigenvalue weighted by atomic mass is 35.5. The molecule has 1 rings (SSSR count). The van der Waals surface area contributed by atoms with Crippen LogP contribution >= 0.6 is 11.6 Å². The van der Waals surface area contributed by atoms with Gasteiger partial charge in [0, 0.05) is 0 Å². The van der Waals surface area contributed by atoms with Gasteiger partial charge in [-0.3, -0.25) is 4.79 Å². The molecule has 0 atom stereocenters. The number of carbonyl (C=O) groups excluding carboxylic acids is 1. The molecule has 8 heteroatoms. The monoisotopic (exact) mass is 259 g/mol. The fourth-order valence-electron chi connectivity index (χ4n) is 0.970. The molecule has 1 aromatic heterocycles. The van der Waals surface area contributed by atoms with Gasteiger partial charge in [0.15, 0.2) is 5.69 Å². The van der Waals surface area contributed by atoms with E-state index in [4.69, 9.17) is 11.6 Å². The first-order valence-corrected chi connectivity index (χ1v) is 4.17. The van der Waals surface area contributed by atoms with Crippen molar-refractivity contribution < 1.29 is 26.7 Å². The first-order valence-electron chi connectivity index (χ1n) is 3.79. The Hall–Kier alpha value is -1.24. The van der Waals surface area contributed by atoms with E-state index in [1.54, 1.807) is 0 Å². The molecule has 0 spiro atoms. The van der Waals surface area contributed by atoms with Gasteiger partial charge >= 0.3 is 6.18 Å². The van der Waals surface area contributed by atoms with Crippen molar-refractivity contribution in [3.8, 4) is 0 Å². The SMILES string of the molecule is O=C(Cl)c1ccc(C(F)F)nc1C(F)(F)F. The van der Waals surface area contributed by atoms with Gasteiger partial charge in [0.25, 0.3) is 11.7 Å². The third-order valence-corrected chi connectivity index (χ3v) is 1.82. The Labute approximate surface area is 91.0 Å². The lowest BCUT2D eigenvalue weighted by atomic mass is 10.2. The lowest BCUT2D eigenvalue weighted by Gasteiger charge is -2.10. The molecule has 0 fully saturated rings. The maximum atomic E-state index is 12.3. The molecule has 0 bridgehead atoms. The summed E-state index contributed by atoms with van der Waals surface area (Å²) in [6.45, 7) is 0. The third-order valence-electron chi connectivity index (χ3n) is 1.62.